The van der Waals surface area contributed by atoms with Crippen LogP contribution in [-0.4, -0.2) is 37.2 Å². The molecule has 0 aliphatic heterocycles. The van der Waals surface area contributed by atoms with Crippen molar-refractivity contribution in [2.75, 3.05) is 13.2 Å². The summed E-state index contributed by atoms with van der Waals surface area (Å²) < 4.78 is 16.8. The van der Waals surface area contributed by atoms with E-state index in [1.54, 1.807) is 0 Å². The lowest BCUT2D eigenvalue weighted by Gasteiger charge is -2.18. The standard InChI is InChI=1S/C57H100O6/c1-4-7-10-13-16-19-22-25-28-31-34-37-40-43-46-49-55(58)61-52-54(63-57(60)51-48-45-42-39-36-33-30-27-24-21-18-15-12-9-6-3)53-62-56(59)50-47-44-41-38-35-32-29-26-23-20-17-14-11-8-5-2/h16,18-25,27,54H,4-15,17,26,28-53H2,1-3H3/b19-16-,21-18-,23-20-,25-22-,27-24-. The van der Waals surface area contributed by atoms with E-state index in [4.69, 9.17) is 14.2 Å². The summed E-state index contributed by atoms with van der Waals surface area (Å²) in [5, 5.41) is 0. The third kappa shape index (κ3) is 50.0. The molecule has 0 N–H and O–H groups in total. The van der Waals surface area contributed by atoms with Gasteiger partial charge in [-0.3, -0.25) is 14.4 Å². The molecule has 0 bridgehead atoms. The summed E-state index contributed by atoms with van der Waals surface area (Å²) in [5.74, 6) is -0.907. The molecule has 0 aliphatic rings. The van der Waals surface area contributed by atoms with Gasteiger partial charge in [0.05, 0.1) is 0 Å². The second-order valence-electron chi connectivity index (χ2n) is 17.8. The molecule has 364 valence electrons. The number of unbranched alkanes of at least 4 members (excludes halogenated alkanes) is 29. The van der Waals surface area contributed by atoms with E-state index in [1.807, 2.05) is 0 Å². The predicted octanol–water partition coefficient (Wildman–Crippen LogP) is 17.6. The summed E-state index contributed by atoms with van der Waals surface area (Å²) in [7, 11) is 0. The van der Waals surface area contributed by atoms with Crippen LogP contribution in [0.4, 0.5) is 0 Å². The van der Waals surface area contributed by atoms with Crippen molar-refractivity contribution in [3.8, 4) is 0 Å². The van der Waals surface area contributed by atoms with E-state index in [1.165, 1.54) is 148 Å². The average molecular weight is 881 g/mol. The SMILES string of the molecule is CCCCC/C=C\C=C/CCCCCCCCC(=O)OCC(COC(=O)CCCCCCCCC/C=C\CCCCCC)OC(=O)CCCCCCCC/C=C\C=C/CCCCC. The van der Waals surface area contributed by atoms with E-state index in [0.717, 1.165) is 77.0 Å². The molecule has 0 aromatic heterocycles. The first-order chi connectivity index (χ1) is 31.0. The number of carbonyl (C=O) groups excluding carboxylic acids is 3. The molecule has 0 saturated carbocycles. The second-order valence-corrected chi connectivity index (χ2v) is 17.8. The molecule has 0 heterocycles. The molecule has 0 saturated heterocycles. The van der Waals surface area contributed by atoms with Crippen LogP contribution >= 0.6 is 0 Å². The van der Waals surface area contributed by atoms with Gasteiger partial charge in [0.25, 0.3) is 0 Å². The Hall–Kier alpha value is -2.89. The molecule has 0 aliphatic carbocycles. The molecule has 1 unspecified atom stereocenters. The van der Waals surface area contributed by atoms with Gasteiger partial charge in [0.15, 0.2) is 6.10 Å². The third-order valence-electron chi connectivity index (χ3n) is 11.5. The molecule has 0 fully saturated rings. The summed E-state index contributed by atoms with van der Waals surface area (Å²) >= 11 is 0. The van der Waals surface area contributed by atoms with Gasteiger partial charge in [-0.05, 0) is 96.3 Å². The highest BCUT2D eigenvalue weighted by Gasteiger charge is 2.19. The Balaban J connectivity index is 4.42. The van der Waals surface area contributed by atoms with Crippen LogP contribution in [0.2, 0.25) is 0 Å². The minimum Gasteiger partial charge on any atom is -0.462 e. The van der Waals surface area contributed by atoms with Gasteiger partial charge in [-0.25, -0.2) is 0 Å². The quantitative estimate of drug-likeness (QED) is 0.0199. The van der Waals surface area contributed by atoms with Crippen LogP contribution in [0.25, 0.3) is 0 Å². The largest absolute Gasteiger partial charge is 0.462 e. The first-order valence-corrected chi connectivity index (χ1v) is 26.8. The normalized spacial score (nSPS) is 12.5. The van der Waals surface area contributed by atoms with E-state index in [0.29, 0.717) is 19.3 Å². The number of allylic oxidation sites excluding steroid dienone is 10. The zero-order valence-electron chi connectivity index (χ0n) is 41.6. The number of esters is 3. The fourth-order valence-corrected chi connectivity index (χ4v) is 7.42. The maximum atomic E-state index is 12.8. The first-order valence-electron chi connectivity index (χ1n) is 26.8. The first kappa shape index (κ1) is 60.1. The average Bonchev–Trinajstić information content (AvgIpc) is 3.28. The van der Waals surface area contributed by atoms with Crippen molar-refractivity contribution in [3.63, 3.8) is 0 Å². The van der Waals surface area contributed by atoms with E-state index in [-0.39, 0.29) is 31.1 Å². The van der Waals surface area contributed by atoms with Crippen LogP contribution in [-0.2, 0) is 28.6 Å². The topological polar surface area (TPSA) is 78.9 Å². The molecule has 6 heteroatoms. The van der Waals surface area contributed by atoms with Crippen molar-refractivity contribution in [1.29, 1.82) is 0 Å². The van der Waals surface area contributed by atoms with Crippen molar-refractivity contribution < 1.29 is 28.6 Å². The lowest BCUT2D eigenvalue weighted by molar-refractivity contribution is -0.167. The van der Waals surface area contributed by atoms with Crippen LogP contribution in [0.15, 0.2) is 60.8 Å². The van der Waals surface area contributed by atoms with Crippen LogP contribution in [0.1, 0.15) is 265 Å². The number of hydrogen-bond donors (Lipinski definition) is 0. The minimum absolute atomic E-state index is 0.0848. The Morgan fingerprint density at radius 3 is 0.921 bits per heavy atom. The van der Waals surface area contributed by atoms with Crippen molar-refractivity contribution in [1.82, 2.24) is 0 Å². The van der Waals surface area contributed by atoms with Gasteiger partial charge in [-0.15, -0.1) is 0 Å². The number of hydrogen-bond acceptors (Lipinski definition) is 6. The Labute approximate surface area is 390 Å². The van der Waals surface area contributed by atoms with E-state index < -0.39 is 6.10 Å². The molecule has 0 amide bonds. The summed E-state index contributed by atoms with van der Waals surface area (Å²) in [6, 6.07) is 0. The predicted molar refractivity (Wildman–Crippen MR) is 270 cm³/mol. The molecular formula is C57H100O6. The molecule has 0 aromatic carbocycles. The maximum Gasteiger partial charge on any atom is 0.306 e. The van der Waals surface area contributed by atoms with Crippen LogP contribution in [0.3, 0.4) is 0 Å². The fourth-order valence-electron chi connectivity index (χ4n) is 7.42. The highest BCUT2D eigenvalue weighted by molar-refractivity contribution is 5.71. The number of carbonyl (C=O) groups is 3. The number of rotatable bonds is 48. The molecule has 0 spiro atoms. The van der Waals surface area contributed by atoms with Gasteiger partial charge in [0, 0.05) is 19.3 Å². The van der Waals surface area contributed by atoms with Gasteiger partial charge in [-0.2, -0.15) is 0 Å². The van der Waals surface area contributed by atoms with Gasteiger partial charge in [0.2, 0.25) is 0 Å². The monoisotopic (exact) mass is 881 g/mol. The Morgan fingerprint density at radius 1 is 0.317 bits per heavy atom. The molecule has 0 rings (SSSR count). The number of ether oxygens (including phenoxy) is 3. The summed E-state index contributed by atoms with van der Waals surface area (Å²) in [4.78, 5) is 38.0. The van der Waals surface area contributed by atoms with E-state index in [2.05, 4.69) is 81.5 Å². The van der Waals surface area contributed by atoms with Gasteiger partial charge < -0.3 is 14.2 Å². The Kier molecular flexibility index (Phi) is 49.4. The zero-order valence-corrected chi connectivity index (χ0v) is 41.6. The molecule has 63 heavy (non-hydrogen) atoms. The van der Waals surface area contributed by atoms with Crippen molar-refractivity contribution >= 4 is 17.9 Å². The lowest BCUT2D eigenvalue weighted by Crippen LogP contribution is -2.30. The molecule has 0 aromatic rings. The molecular weight excluding hydrogens is 781 g/mol. The second kappa shape index (κ2) is 51.7. The molecule has 6 nitrogen and oxygen atoms in total. The minimum atomic E-state index is -0.786. The Morgan fingerprint density at radius 2 is 0.571 bits per heavy atom. The Bertz CT molecular complexity index is 1150. The van der Waals surface area contributed by atoms with Crippen molar-refractivity contribution in [2.24, 2.45) is 0 Å². The van der Waals surface area contributed by atoms with Crippen molar-refractivity contribution in [2.45, 2.75) is 271 Å². The van der Waals surface area contributed by atoms with E-state index >= 15 is 0 Å². The molecule has 1 atom stereocenters. The maximum absolute atomic E-state index is 12.8. The third-order valence-corrected chi connectivity index (χ3v) is 11.5. The van der Waals surface area contributed by atoms with Gasteiger partial charge in [-0.1, -0.05) is 210 Å². The molecule has 0 radical (unpaired) electrons. The summed E-state index contributed by atoms with van der Waals surface area (Å²) in [6.07, 6.45) is 63.3. The van der Waals surface area contributed by atoms with Crippen molar-refractivity contribution in [3.05, 3.63) is 60.8 Å². The van der Waals surface area contributed by atoms with E-state index in [9.17, 15) is 14.4 Å². The summed E-state index contributed by atoms with van der Waals surface area (Å²) in [6.45, 7) is 6.55. The van der Waals surface area contributed by atoms with Gasteiger partial charge >= 0.3 is 17.9 Å². The van der Waals surface area contributed by atoms with Crippen LogP contribution in [0, 0.1) is 0 Å². The highest BCUT2D eigenvalue weighted by Crippen LogP contribution is 2.14. The zero-order chi connectivity index (χ0) is 45.8. The highest BCUT2D eigenvalue weighted by atomic mass is 16.6. The lowest BCUT2D eigenvalue weighted by atomic mass is 10.1. The summed E-state index contributed by atoms with van der Waals surface area (Å²) in [5.41, 5.74) is 0. The fraction of sp³-hybridized carbons (Fsp3) is 0.772. The smallest absolute Gasteiger partial charge is 0.306 e. The van der Waals surface area contributed by atoms with Crippen LogP contribution in [0.5, 0.6) is 0 Å². The van der Waals surface area contributed by atoms with Crippen LogP contribution < -0.4 is 0 Å². The van der Waals surface area contributed by atoms with Gasteiger partial charge in [0.1, 0.15) is 13.2 Å².